The van der Waals surface area contributed by atoms with Gasteiger partial charge in [0, 0.05) is 17.7 Å². The maximum absolute atomic E-state index is 13.4. The van der Waals surface area contributed by atoms with Crippen LogP contribution in [0.1, 0.15) is 12.5 Å². The quantitative estimate of drug-likeness (QED) is 0.249. The van der Waals surface area contributed by atoms with E-state index in [1.54, 1.807) is 31.2 Å². The van der Waals surface area contributed by atoms with E-state index in [0.717, 1.165) is 10.4 Å². The summed E-state index contributed by atoms with van der Waals surface area (Å²) in [6.07, 6.45) is 0. The van der Waals surface area contributed by atoms with Crippen LogP contribution in [-0.4, -0.2) is 45.7 Å². The van der Waals surface area contributed by atoms with Gasteiger partial charge in [-0.1, -0.05) is 24.3 Å². The zero-order valence-corrected chi connectivity index (χ0v) is 20.6. The van der Waals surface area contributed by atoms with E-state index in [2.05, 4.69) is 10.5 Å². The summed E-state index contributed by atoms with van der Waals surface area (Å²) in [6, 6.07) is 17.6. The third-order valence-electron chi connectivity index (χ3n) is 5.10. The van der Waals surface area contributed by atoms with E-state index in [4.69, 9.17) is 9.47 Å². The van der Waals surface area contributed by atoms with Crippen molar-refractivity contribution < 1.29 is 27.6 Å². The number of hydrogen-bond donors (Lipinski definition) is 1. The van der Waals surface area contributed by atoms with Crippen LogP contribution in [0.4, 0.5) is 11.4 Å². The largest absolute Gasteiger partial charge is 0.493 e. The fourth-order valence-corrected chi connectivity index (χ4v) is 4.67. The highest BCUT2D eigenvalue weighted by Crippen LogP contribution is 2.28. The Kier molecular flexibility index (Phi) is 8.22. The Labute approximate surface area is 208 Å². The van der Waals surface area contributed by atoms with Gasteiger partial charge in [0.05, 0.1) is 35.4 Å². The van der Waals surface area contributed by atoms with Crippen molar-refractivity contribution in [1.29, 1.82) is 0 Å². The molecule has 0 saturated carbocycles. The van der Waals surface area contributed by atoms with Crippen LogP contribution < -0.4 is 19.2 Å². The molecule has 0 heterocycles. The number of sulfonamides is 1. The Hall–Kier alpha value is -4.45. The zero-order valence-electron chi connectivity index (χ0n) is 19.7. The molecule has 11 nitrogen and oxygen atoms in total. The van der Waals surface area contributed by atoms with Crippen molar-refractivity contribution in [3.63, 3.8) is 0 Å². The highest BCUT2D eigenvalue weighted by Gasteiger charge is 2.28. The predicted molar refractivity (Wildman–Crippen MR) is 134 cm³/mol. The standard InChI is InChI=1S/C24H24N4O7S/c1-17(18-12-13-22(34-2)23(14-18)35-3)25-26-24(29)16-27(19-8-7-9-20(15-19)28(30)31)36(32,33)21-10-5-4-6-11-21/h4-15H,16H2,1-3H3,(H,26,29)/b25-17-. The summed E-state index contributed by atoms with van der Waals surface area (Å²) in [6.45, 7) is 0.988. The molecular formula is C24H24N4O7S. The summed E-state index contributed by atoms with van der Waals surface area (Å²) in [7, 11) is -1.23. The smallest absolute Gasteiger partial charge is 0.271 e. The number of nitrogens with zero attached hydrogens (tertiary/aromatic N) is 3. The maximum atomic E-state index is 13.4. The minimum absolute atomic E-state index is 0.0382. The first-order valence-electron chi connectivity index (χ1n) is 10.5. The molecule has 36 heavy (non-hydrogen) atoms. The number of hydrazone groups is 1. The van der Waals surface area contributed by atoms with Gasteiger partial charge in [-0.3, -0.25) is 19.2 Å². The van der Waals surface area contributed by atoms with Gasteiger partial charge in [-0.05, 0) is 43.3 Å². The van der Waals surface area contributed by atoms with E-state index in [1.807, 2.05) is 0 Å². The topological polar surface area (TPSA) is 140 Å². The van der Waals surface area contributed by atoms with E-state index in [9.17, 15) is 23.3 Å². The first-order chi connectivity index (χ1) is 17.2. The molecule has 0 aliphatic rings. The van der Waals surface area contributed by atoms with E-state index >= 15 is 0 Å². The third-order valence-corrected chi connectivity index (χ3v) is 6.88. The minimum Gasteiger partial charge on any atom is -0.493 e. The van der Waals surface area contributed by atoms with E-state index < -0.39 is 27.4 Å². The molecule has 12 heteroatoms. The Morgan fingerprint density at radius 3 is 2.33 bits per heavy atom. The molecule has 0 spiro atoms. The normalized spacial score (nSPS) is 11.5. The lowest BCUT2D eigenvalue weighted by atomic mass is 10.1. The number of rotatable bonds is 10. The number of benzene rings is 3. The first kappa shape index (κ1) is 26.2. The van der Waals surface area contributed by atoms with Crippen molar-refractivity contribution in [3.05, 3.63) is 88.5 Å². The van der Waals surface area contributed by atoms with Crippen LogP contribution in [0.25, 0.3) is 0 Å². The molecule has 1 amide bonds. The Morgan fingerprint density at radius 1 is 1.00 bits per heavy atom. The van der Waals surface area contributed by atoms with Crippen LogP contribution in [-0.2, 0) is 14.8 Å². The van der Waals surface area contributed by atoms with Gasteiger partial charge in [-0.15, -0.1) is 0 Å². The fraction of sp³-hybridized carbons (Fsp3) is 0.167. The molecule has 0 aliphatic heterocycles. The van der Waals surface area contributed by atoms with E-state index in [-0.39, 0.29) is 16.3 Å². The molecule has 0 aromatic heterocycles. The van der Waals surface area contributed by atoms with Gasteiger partial charge in [0.15, 0.2) is 11.5 Å². The summed E-state index contributed by atoms with van der Waals surface area (Å²) in [5.74, 6) is 0.249. The number of nitro groups is 1. The van der Waals surface area contributed by atoms with Gasteiger partial charge in [-0.25, -0.2) is 13.8 Å². The number of carbonyl (C=O) groups excluding carboxylic acids is 1. The van der Waals surface area contributed by atoms with E-state index in [0.29, 0.717) is 22.8 Å². The Bertz CT molecular complexity index is 1390. The average molecular weight is 513 g/mol. The van der Waals surface area contributed by atoms with Gasteiger partial charge in [-0.2, -0.15) is 5.10 Å². The summed E-state index contributed by atoms with van der Waals surface area (Å²) in [5, 5.41) is 15.3. The van der Waals surface area contributed by atoms with Crippen molar-refractivity contribution >= 4 is 33.0 Å². The van der Waals surface area contributed by atoms with Gasteiger partial charge in [0.2, 0.25) is 0 Å². The third kappa shape index (κ3) is 5.96. The van der Waals surface area contributed by atoms with Gasteiger partial charge >= 0.3 is 0 Å². The molecule has 0 atom stereocenters. The number of nitro benzene ring substituents is 1. The van der Waals surface area contributed by atoms with Crippen LogP contribution in [0.3, 0.4) is 0 Å². The van der Waals surface area contributed by atoms with Crippen LogP contribution in [0.2, 0.25) is 0 Å². The second kappa shape index (κ2) is 11.3. The number of carbonyl (C=O) groups is 1. The summed E-state index contributed by atoms with van der Waals surface area (Å²) in [4.78, 5) is 23.3. The molecular weight excluding hydrogens is 488 g/mol. The minimum atomic E-state index is -4.23. The molecule has 0 unspecified atom stereocenters. The molecule has 0 saturated heterocycles. The second-order valence-corrected chi connectivity index (χ2v) is 9.27. The number of amides is 1. The Morgan fingerprint density at radius 2 is 1.69 bits per heavy atom. The lowest BCUT2D eigenvalue weighted by Crippen LogP contribution is -2.39. The van der Waals surface area contributed by atoms with Crippen molar-refractivity contribution in [2.24, 2.45) is 5.10 Å². The lowest BCUT2D eigenvalue weighted by molar-refractivity contribution is -0.384. The molecule has 0 bridgehead atoms. The lowest BCUT2D eigenvalue weighted by Gasteiger charge is -2.23. The average Bonchev–Trinajstić information content (AvgIpc) is 2.90. The van der Waals surface area contributed by atoms with Gasteiger partial charge < -0.3 is 9.47 Å². The number of anilines is 1. The molecule has 3 aromatic rings. The molecule has 3 rings (SSSR count). The summed E-state index contributed by atoms with van der Waals surface area (Å²) < 4.78 is 38.0. The van der Waals surface area contributed by atoms with Crippen LogP contribution >= 0.6 is 0 Å². The van der Waals surface area contributed by atoms with Gasteiger partial charge in [0.25, 0.3) is 21.6 Å². The molecule has 0 fully saturated rings. The fourth-order valence-electron chi connectivity index (χ4n) is 3.23. The first-order valence-corrected chi connectivity index (χ1v) is 12.0. The number of ether oxygens (including phenoxy) is 2. The molecule has 0 aliphatic carbocycles. The predicted octanol–water partition coefficient (Wildman–Crippen LogP) is 3.35. The molecule has 0 radical (unpaired) electrons. The zero-order chi connectivity index (χ0) is 26.3. The van der Waals surface area contributed by atoms with Crippen LogP contribution in [0.15, 0.2) is 82.8 Å². The highest BCUT2D eigenvalue weighted by atomic mass is 32.2. The van der Waals surface area contributed by atoms with Crippen LogP contribution in [0.5, 0.6) is 11.5 Å². The highest BCUT2D eigenvalue weighted by molar-refractivity contribution is 7.92. The van der Waals surface area contributed by atoms with Crippen molar-refractivity contribution in [3.8, 4) is 11.5 Å². The van der Waals surface area contributed by atoms with Gasteiger partial charge in [0.1, 0.15) is 6.54 Å². The molecule has 188 valence electrons. The van der Waals surface area contributed by atoms with Crippen LogP contribution in [0, 0.1) is 10.1 Å². The monoisotopic (exact) mass is 512 g/mol. The van der Waals surface area contributed by atoms with Crippen molar-refractivity contribution in [2.75, 3.05) is 25.1 Å². The van der Waals surface area contributed by atoms with Crippen molar-refractivity contribution in [1.82, 2.24) is 5.43 Å². The SMILES string of the molecule is COc1ccc(/C(C)=N\NC(=O)CN(c2cccc([N+](=O)[O-])c2)S(=O)(=O)c2ccccc2)cc1OC. The number of methoxy groups -OCH3 is 2. The summed E-state index contributed by atoms with van der Waals surface area (Å²) in [5.41, 5.74) is 3.06. The van der Waals surface area contributed by atoms with Crippen molar-refractivity contribution in [2.45, 2.75) is 11.8 Å². The molecule has 3 aromatic carbocycles. The number of non-ortho nitro benzene ring substituents is 1. The second-order valence-electron chi connectivity index (χ2n) is 7.40. The summed E-state index contributed by atoms with van der Waals surface area (Å²) >= 11 is 0. The number of hydrogen-bond acceptors (Lipinski definition) is 8. The Balaban J connectivity index is 1.89. The molecule has 1 N–H and O–H groups in total. The number of nitrogens with one attached hydrogen (secondary N) is 1. The maximum Gasteiger partial charge on any atom is 0.271 e. The van der Waals surface area contributed by atoms with E-state index in [1.165, 1.54) is 56.7 Å².